The van der Waals surface area contributed by atoms with Gasteiger partial charge in [-0.05, 0) is 30.5 Å². The Morgan fingerprint density at radius 1 is 1.35 bits per heavy atom. The van der Waals surface area contributed by atoms with Crippen molar-refractivity contribution in [1.82, 2.24) is 5.32 Å². The number of rotatable bonds is 4. The lowest BCUT2D eigenvalue weighted by molar-refractivity contribution is -0.125. The zero-order chi connectivity index (χ0) is 16.3. The van der Waals surface area contributed by atoms with Gasteiger partial charge in [-0.15, -0.1) is 0 Å². The molecule has 0 aliphatic carbocycles. The van der Waals surface area contributed by atoms with Gasteiger partial charge in [0.25, 0.3) is 0 Å². The highest BCUT2D eigenvalue weighted by atomic mass is 16.6. The summed E-state index contributed by atoms with van der Waals surface area (Å²) in [6, 6.07) is 6.57. The van der Waals surface area contributed by atoms with Gasteiger partial charge in [-0.1, -0.05) is 12.1 Å². The number of aromatic carboxylic acids is 1. The van der Waals surface area contributed by atoms with E-state index in [2.05, 4.69) is 5.32 Å². The topological polar surface area (TPSA) is 84.9 Å². The normalized spacial score (nSPS) is 27.0. The first-order chi connectivity index (χ1) is 11.1. The van der Waals surface area contributed by atoms with Gasteiger partial charge in [0.1, 0.15) is 0 Å². The number of nitrogens with one attached hydrogen (secondary N) is 1. The average Bonchev–Trinajstić information content (AvgIpc) is 2.95. The van der Waals surface area contributed by atoms with Gasteiger partial charge in [-0.3, -0.25) is 4.79 Å². The number of hydrogen-bond donors (Lipinski definition) is 2. The summed E-state index contributed by atoms with van der Waals surface area (Å²) in [7, 11) is 0. The van der Waals surface area contributed by atoms with Gasteiger partial charge in [0, 0.05) is 25.7 Å². The first kappa shape index (κ1) is 16.0. The molecule has 2 aliphatic heterocycles. The fourth-order valence-corrected chi connectivity index (χ4v) is 3.29. The van der Waals surface area contributed by atoms with Crippen molar-refractivity contribution in [3.8, 4) is 0 Å². The van der Waals surface area contributed by atoms with Crippen molar-refractivity contribution in [1.29, 1.82) is 0 Å². The van der Waals surface area contributed by atoms with Crippen LogP contribution in [0, 0.1) is 0 Å². The van der Waals surface area contributed by atoms with Crippen LogP contribution in [0.3, 0.4) is 0 Å². The van der Waals surface area contributed by atoms with Crippen LogP contribution < -0.4 is 5.32 Å². The lowest BCUT2D eigenvalue weighted by Crippen LogP contribution is -2.49. The SMILES string of the molecule is O=C(Cc1cccc(C(=O)O)c1)NC1CCOC2(CCOC2)C1. The lowest BCUT2D eigenvalue weighted by atomic mass is 9.89. The zero-order valence-electron chi connectivity index (χ0n) is 12.9. The van der Waals surface area contributed by atoms with Gasteiger partial charge in [0.05, 0.1) is 24.2 Å². The highest BCUT2D eigenvalue weighted by Gasteiger charge is 2.41. The van der Waals surface area contributed by atoms with E-state index in [0.29, 0.717) is 25.4 Å². The van der Waals surface area contributed by atoms with E-state index in [9.17, 15) is 9.59 Å². The molecule has 2 fully saturated rings. The van der Waals surface area contributed by atoms with Crippen LogP contribution >= 0.6 is 0 Å². The average molecular weight is 319 g/mol. The molecule has 2 unspecified atom stereocenters. The Balaban J connectivity index is 1.57. The number of ether oxygens (including phenoxy) is 2. The molecule has 6 heteroatoms. The Morgan fingerprint density at radius 2 is 2.22 bits per heavy atom. The molecular weight excluding hydrogens is 298 g/mol. The molecule has 2 atom stereocenters. The summed E-state index contributed by atoms with van der Waals surface area (Å²) in [6.07, 6.45) is 2.62. The molecule has 2 saturated heterocycles. The molecule has 124 valence electrons. The number of carbonyl (C=O) groups is 2. The molecule has 0 radical (unpaired) electrons. The first-order valence-corrected chi connectivity index (χ1v) is 7.90. The maximum Gasteiger partial charge on any atom is 0.335 e. The molecule has 1 spiro atoms. The molecule has 1 amide bonds. The van der Waals surface area contributed by atoms with Gasteiger partial charge in [0.2, 0.25) is 5.91 Å². The molecule has 23 heavy (non-hydrogen) atoms. The number of amides is 1. The second-order valence-electron chi connectivity index (χ2n) is 6.27. The number of carboxylic acid groups (broad SMARTS) is 1. The fraction of sp³-hybridized carbons (Fsp3) is 0.529. The van der Waals surface area contributed by atoms with Crippen molar-refractivity contribution in [2.24, 2.45) is 0 Å². The van der Waals surface area contributed by atoms with Crippen LogP contribution in [0.5, 0.6) is 0 Å². The van der Waals surface area contributed by atoms with Crippen LogP contribution in [0.25, 0.3) is 0 Å². The summed E-state index contributed by atoms with van der Waals surface area (Å²) in [5.74, 6) is -1.08. The van der Waals surface area contributed by atoms with Crippen molar-refractivity contribution < 1.29 is 24.2 Å². The molecule has 0 saturated carbocycles. The Morgan fingerprint density at radius 3 is 2.96 bits per heavy atom. The largest absolute Gasteiger partial charge is 0.478 e. The van der Waals surface area contributed by atoms with E-state index in [1.807, 2.05) is 0 Å². The number of carbonyl (C=O) groups excluding carboxylic acids is 1. The quantitative estimate of drug-likeness (QED) is 0.876. The van der Waals surface area contributed by atoms with Gasteiger partial charge in [-0.2, -0.15) is 0 Å². The highest BCUT2D eigenvalue weighted by Crippen LogP contribution is 2.32. The van der Waals surface area contributed by atoms with Crippen LogP contribution in [-0.2, 0) is 20.7 Å². The van der Waals surface area contributed by atoms with Crippen molar-refractivity contribution in [3.05, 3.63) is 35.4 Å². The van der Waals surface area contributed by atoms with E-state index in [-0.39, 0.29) is 29.5 Å². The second-order valence-corrected chi connectivity index (χ2v) is 6.27. The Kier molecular flexibility index (Phi) is 4.63. The van der Waals surface area contributed by atoms with E-state index in [4.69, 9.17) is 14.6 Å². The maximum absolute atomic E-state index is 12.2. The van der Waals surface area contributed by atoms with Gasteiger partial charge in [-0.25, -0.2) is 4.79 Å². The van der Waals surface area contributed by atoms with E-state index in [1.165, 1.54) is 12.1 Å². The summed E-state index contributed by atoms with van der Waals surface area (Å²) in [4.78, 5) is 23.2. The Labute approximate surface area is 134 Å². The van der Waals surface area contributed by atoms with Crippen LogP contribution in [0.4, 0.5) is 0 Å². The van der Waals surface area contributed by atoms with E-state index in [0.717, 1.165) is 19.3 Å². The monoisotopic (exact) mass is 319 g/mol. The first-order valence-electron chi connectivity index (χ1n) is 7.90. The van der Waals surface area contributed by atoms with E-state index in [1.54, 1.807) is 12.1 Å². The van der Waals surface area contributed by atoms with Crippen molar-refractivity contribution in [3.63, 3.8) is 0 Å². The van der Waals surface area contributed by atoms with Crippen LogP contribution in [0.15, 0.2) is 24.3 Å². The summed E-state index contributed by atoms with van der Waals surface area (Å²) in [5, 5.41) is 12.0. The molecule has 1 aromatic carbocycles. The molecule has 3 rings (SSSR count). The fourth-order valence-electron chi connectivity index (χ4n) is 3.29. The molecule has 0 aromatic heterocycles. The Hall–Kier alpha value is -1.92. The second kappa shape index (κ2) is 6.68. The van der Waals surface area contributed by atoms with Gasteiger partial charge >= 0.3 is 5.97 Å². The number of carboxylic acids is 1. The van der Waals surface area contributed by atoms with Crippen LogP contribution in [0.2, 0.25) is 0 Å². The predicted octanol–water partition coefficient (Wildman–Crippen LogP) is 1.38. The molecule has 1 aromatic rings. The third kappa shape index (κ3) is 3.89. The number of benzene rings is 1. The lowest BCUT2D eigenvalue weighted by Gasteiger charge is -2.37. The Bertz CT molecular complexity index is 594. The summed E-state index contributed by atoms with van der Waals surface area (Å²) in [6.45, 7) is 1.94. The van der Waals surface area contributed by atoms with Gasteiger partial charge < -0.3 is 19.9 Å². The molecule has 2 heterocycles. The highest BCUT2D eigenvalue weighted by molar-refractivity contribution is 5.88. The van der Waals surface area contributed by atoms with E-state index < -0.39 is 5.97 Å². The zero-order valence-corrected chi connectivity index (χ0v) is 12.9. The minimum absolute atomic E-state index is 0.0839. The van der Waals surface area contributed by atoms with Gasteiger partial charge in [0.15, 0.2) is 0 Å². The summed E-state index contributed by atoms with van der Waals surface area (Å²) in [5.41, 5.74) is 0.663. The van der Waals surface area contributed by atoms with Crippen molar-refractivity contribution in [2.75, 3.05) is 19.8 Å². The number of hydrogen-bond acceptors (Lipinski definition) is 4. The third-order valence-corrected chi connectivity index (χ3v) is 4.46. The minimum Gasteiger partial charge on any atom is -0.478 e. The molecule has 2 aliphatic rings. The molecular formula is C17H21NO5. The van der Waals surface area contributed by atoms with Crippen LogP contribution in [-0.4, -0.2) is 48.4 Å². The summed E-state index contributed by atoms with van der Waals surface area (Å²) < 4.78 is 11.3. The summed E-state index contributed by atoms with van der Waals surface area (Å²) >= 11 is 0. The molecule has 6 nitrogen and oxygen atoms in total. The maximum atomic E-state index is 12.2. The van der Waals surface area contributed by atoms with Crippen molar-refractivity contribution in [2.45, 2.75) is 37.3 Å². The standard InChI is InChI=1S/C17H21NO5/c19-15(9-12-2-1-3-13(8-12)16(20)21)18-14-4-6-23-17(10-14)5-7-22-11-17/h1-3,8,14H,4-7,9-11H2,(H,18,19)(H,20,21). The minimum atomic E-state index is -0.986. The van der Waals surface area contributed by atoms with E-state index >= 15 is 0 Å². The predicted molar refractivity (Wildman–Crippen MR) is 82.4 cm³/mol. The van der Waals surface area contributed by atoms with Crippen molar-refractivity contribution >= 4 is 11.9 Å². The molecule has 2 N–H and O–H groups in total. The van der Waals surface area contributed by atoms with Crippen LogP contribution in [0.1, 0.15) is 35.2 Å². The molecule has 0 bridgehead atoms. The third-order valence-electron chi connectivity index (χ3n) is 4.46. The smallest absolute Gasteiger partial charge is 0.335 e.